The van der Waals surface area contributed by atoms with Crippen LogP contribution in [0.3, 0.4) is 0 Å². The predicted molar refractivity (Wildman–Crippen MR) is 137 cm³/mol. The van der Waals surface area contributed by atoms with Gasteiger partial charge in [0.15, 0.2) is 10.8 Å². The Bertz CT molecular complexity index is 1530. The summed E-state index contributed by atoms with van der Waals surface area (Å²) >= 11 is 1.29. The monoisotopic (exact) mass is 485 g/mol. The quantitative estimate of drug-likeness (QED) is 0.324. The number of methoxy groups -OCH3 is 2. The van der Waals surface area contributed by atoms with Gasteiger partial charge in [-0.25, -0.2) is 4.98 Å². The lowest BCUT2D eigenvalue weighted by Crippen LogP contribution is -2.15. The molecule has 0 fully saturated rings. The molecule has 8 nitrogen and oxygen atoms in total. The van der Waals surface area contributed by atoms with Crippen molar-refractivity contribution in [2.45, 2.75) is 12.1 Å². The van der Waals surface area contributed by atoms with Gasteiger partial charge in [0.25, 0.3) is 0 Å². The topological polar surface area (TPSA) is 90.6 Å². The first-order valence-corrected chi connectivity index (χ1v) is 11.9. The number of anilines is 1. The largest absolute Gasteiger partial charge is 0.497 e. The molecule has 0 bridgehead atoms. The number of carbonyl (C=O) groups excluding carboxylic acids is 1. The molecule has 0 atom stereocenters. The molecule has 0 aliphatic carbocycles. The Morgan fingerprint density at radius 3 is 2.57 bits per heavy atom. The van der Waals surface area contributed by atoms with E-state index in [9.17, 15) is 4.79 Å². The molecule has 3 aromatic carbocycles. The van der Waals surface area contributed by atoms with Crippen molar-refractivity contribution in [1.82, 2.24) is 19.6 Å². The van der Waals surface area contributed by atoms with Gasteiger partial charge >= 0.3 is 0 Å². The summed E-state index contributed by atoms with van der Waals surface area (Å²) in [5, 5.41) is 13.2. The Morgan fingerprint density at radius 2 is 1.80 bits per heavy atom. The number of thioether (sulfide) groups is 1. The van der Waals surface area contributed by atoms with Crippen molar-refractivity contribution in [2.75, 3.05) is 25.3 Å². The van der Waals surface area contributed by atoms with Crippen molar-refractivity contribution in [2.24, 2.45) is 0 Å². The van der Waals surface area contributed by atoms with Gasteiger partial charge in [0, 0.05) is 17.0 Å². The zero-order valence-electron chi connectivity index (χ0n) is 19.5. The maximum absolute atomic E-state index is 12.8. The normalized spacial score (nSPS) is 11.1. The molecule has 1 amide bonds. The van der Waals surface area contributed by atoms with Gasteiger partial charge in [-0.2, -0.15) is 0 Å². The van der Waals surface area contributed by atoms with Gasteiger partial charge in [-0.3, -0.25) is 9.20 Å². The number of hydrogen-bond acceptors (Lipinski definition) is 7. The van der Waals surface area contributed by atoms with E-state index in [-0.39, 0.29) is 11.7 Å². The number of nitrogens with one attached hydrogen (secondary N) is 1. The molecule has 0 unspecified atom stereocenters. The zero-order chi connectivity index (χ0) is 24.4. The summed E-state index contributed by atoms with van der Waals surface area (Å²) < 4.78 is 12.5. The van der Waals surface area contributed by atoms with Crippen LogP contribution in [0.15, 0.2) is 71.9 Å². The summed E-state index contributed by atoms with van der Waals surface area (Å²) in [6, 6.07) is 21.2. The Morgan fingerprint density at radius 1 is 1.00 bits per heavy atom. The van der Waals surface area contributed by atoms with Gasteiger partial charge in [-0.1, -0.05) is 53.7 Å². The Labute approximate surface area is 206 Å². The van der Waals surface area contributed by atoms with Gasteiger partial charge in [0.2, 0.25) is 5.91 Å². The van der Waals surface area contributed by atoms with Gasteiger partial charge in [0.1, 0.15) is 17.3 Å². The highest BCUT2D eigenvalue weighted by Gasteiger charge is 2.18. The van der Waals surface area contributed by atoms with Crippen molar-refractivity contribution in [1.29, 1.82) is 0 Å². The maximum atomic E-state index is 12.8. The molecule has 5 rings (SSSR count). The second-order valence-electron chi connectivity index (χ2n) is 7.86. The predicted octanol–water partition coefficient (Wildman–Crippen LogP) is 5.00. The van der Waals surface area contributed by atoms with Crippen LogP contribution in [-0.2, 0) is 4.79 Å². The molecule has 0 saturated heterocycles. The SMILES string of the molecule is COc1ccc(OC)c(NC(=O)CSc2nnc3c4ccccc4nc(-c4ccc(C)cc4)n23)c1. The van der Waals surface area contributed by atoms with Crippen LogP contribution < -0.4 is 14.8 Å². The van der Waals surface area contributed by atoms with E-state index in [0.717, 1.165) is 27.9 Å². The summed E-state index contributed by atoms with van der Waals surface area (Å²) in [6.07, 6.45) is 0. The molecule has 5 aromatic rings. The molecule has 0 aliphatic heterocycles. The lowest BCUT2D eigenvalue weighted by atomic mass is 10.1. The first kappa shape index (κ1) is 22.7. The number of fused-ring (bicyclic) bond motifs is 3. The second-order valence-corrected chi connectivity index (χ2v) is 8.81. The van der Waals surface area contributed by atoms with Gasteiger partial charge in [-0.05, 0) is 31.2 Å². The minimum Gasteiger partial charge on any atom is -0.497 e. The van der Waals surface area contributed by atoms with Gasteiger partial charge in [0.05, 0.1) is 31.2 Å². The molecule has 0 spiro atoms. The molecule has 0 aliphatic rings. The van der Waals surface area contributed by atoms with Crippen molar-refractivity contribution >= 4 is 39.9 Å². The van der Waals surface area contributed by atoms with Crippen molar-refractivity contribution in [3.63, 3.8) is 0 Å². The molecule has 176 valence electrons. The Hall–Kier alpha value is -4.11. The fourth-order valence-corrected chi connectivity index (χ4v) is 4.51. The van der Waals surface area contributed by atoms with Gasteiger partial charge in [-0.15, -0.1) is 10.2 Å². The van der Waals surface area contributed by atoms with Crippen molar-refractivity contribution in [3.8, 4) is 22.9 Å². The molecule has 35 heavy (non-hydrogen) atoms. The summed E-state index contributed by atoms with van der Waals surface area (Å²) in [4.78, 5) is 17.7. The van der Waals surface area contributed by atoms with Crippen LogP contribution in [-0.4, -0.2) is 45.5 Å². The lowest BCUT2D eigenvalue weighted by molar-refractivity contribution is -0.113. The highest BCUT2D eigenvalue weighted by atomic mass is 32.2. The Balaban J connectivity index is 1.48. The van der Waals surface area contributed by atoms with Gasteiger partial charge < -0.3 is 14.8 Å². The number of carbonyl (C=O) groups is 1. The fraction of sp³-hybridized carbons (Fsp3) is 0.154. The average Bonchev–Trinajstić information content (AvgIpc) is 3.32. The van der Waals surface area contributed by atoms with Crippen LogP contribution in [0.1, 0.15) is 5.56 Å². The number of rotatable bonds is 7. The van der Waals surface area contributed by atoms with E-state index in [1.165, 1.54) is 11.8 Å². The number of para-hydroxylation sites is 1. The molecular weight excluding hydrogens is 462 g/mol. The van der Waals surface area contributed by atoms with E-state index in [1.54, 1.807) is 32.4 Å². The summed E-state index contributed by atoms with van der Waals surface area (Å²) in [5.74, 6) is 1.82. The zero-order valence-corrected chi connectivity index (χ0v) is 20.3. The number of hydrogen-bond donors (Lipinski definition) is 1. The van der Waals surface area contributed by atoms with E-state index in [1.807, 2.05) is 59.9 Å². The molecule has 0 saturated carbocycles. The summed E-state index contributed by atoms with van der Waals surface area (Å²) in [5.41, 5.74) is 4.18. The van der Waals surface area contributed by atoms with Crippen LogP contribution in [0.4, 0.5) is 5.69 Å². The number of aromatic nitrogens is 4. The van der Waals surface area contributed by atoms with Crippen LogP contribution in [0.2, 0.25) is 0 Å². The van der Waals surface area contributed by atoms with Crippen LogP contribution in [0.5, 0.6) is 11.5 Å². The summed E-state index contributed by atoms with van der Waals surface area (Å²) in [7, 11) is 3.13. The van der Waals surface area contributed by atoms with E-state index >= 15 is 0 Å². The first-order chi connectivity index (χ1) is 17.1. The molecule has 9 heteroatoms. The van der Waals surface area contributed by atoms with E-state index < -0.39 is 0 Å². The molecule has 1 N–H and O–H groups in total. The van der Waals surface area contributed by atoms with Crippen LogP contribution in [0.25, 0.3) is 27.9 Å². The second kappa shape index (κ2) is 9.63. The minimum atomic E-state index is -0.205. The Kier molecular flexibility index (Phi) is 6.24. The standard InChI is InChI=1S/C26H23N5O3S/c1-16-8-10-17(11-9-16)24-28-20-7-5-4-6-19(20)25-29-30-26(31(24)25)35-15-23(32)27-21-14-18(33-2)12-13-22(21)34-3/h4-14H,15H2,1-3H3,(H,27,32). The fourth-order valence-electron chi connectivity index (χ4n) is 3.78. The molecular formula is C26H23N5O3S. The van der Waals surface area contributed by atoms with Crippen LogP contribution >= 0.6 is 11.8 Å². The number of benzene rings is 3. The highest BCUT2D eigenvalue weighted by Crippen LogP contribution is 2.31. The smallest absolute Gasteiger partial charge is 0.234 e. The number of ether oxygens (including phenoxy) is 2. The summed E-state index contributed by atoms with van der Waals surface area (Å²) in [6.45, 7) is 2.04. The van der Waals surface area contributed by atoms with Crippen molar-refractivity contribution in [3.05, 3.63) is 72.3 Å². The third-order valence-electron chi connectivity index (χ3n) is 5.54. The minimum absolute atomic E-state index is 0.126. The third-order valence-corrected chi connectivity index (χ3v) is 6.47. The van der Waals surface area contributed by atoms with E-state index in [4.69, 9.17) is 14.5 Å². The first-order valence-electron chi connectivity index (χ1n) is 10.9. The lowest BCUT2D eigenvalue weighted by Gasteiger charge is -2.12. The maximum Gasteiger partial charge on any atom is 0.234 e. The number of amides is 1. The third kappa shape index (κ3) is 4.50. The number of aryl methyl sites for hydroxylation is 1. The van der Waals surface area contributed by atoms with E-state index in [0.29, 0.717) is 28.0 Å². The molecule has 2 aromatic heterocycles. The molecule has 0 radical (unpaired) electrons. The number of nitrogens with zero attached hydrogens (tertiary/aromatic N) is 4. The molecule has 2 heterocycles. The van der Waals surface area contributed by atoms with Crippen LogP contribution in [0, 0.1) is 6.92 Å². The van der Waals surface area contributed by atoms with Crippen molar-refractivity contribution < 1.29 is 14.3 Å². The van der Waals surface area contributed by atoms with E-state index in [2.05, 4.69) is 15.5 Å². The highest BCUT2D eigenvalue weighted by molar-refractivity contribution is 7.99. The average molecular weight is 486 g/mol.